The van der Waals surface area contributed by atoms with E-state index in [1.165, 1.54) is 0 Å². The van der Waals surface area contributed by atoms with Crippen molar-refractivity contribution in [3.05, 3.63) is 0 Å². The van der Waals surface area contributed by atoms with Crippen LogP contribution in [0.4, 0.5) is 0 Å². The van der Waals surface area contributed by atoms with Gasteiger partial charge in [0.25, 0.3) is 0 Å². The highest BCUT2D eigenvalue weighted by molar-refractivity contribution is 7.99. The van der Waals surface area contributed by atoms with E-state index in [0.29, 0.717) is 11.2 Å². The van der Waals surface area contributed by atoms with Crippen molar-refractivity contribution in [3.63, 3.8) is 0 Å². The molecule has 1 atom stereocenters. The van der Waals surface area contributed by atoms with Gasteiger partial charge in [-0.3, -0.25) is 4.79 Å². The molecule has 0 saturated carbocycles. The van der Waals surface area contributed by atoms with E-state index in [4.69, 9.17) is 0 Å². The first kappa shape index (κ1) is 12.1. The fraction of sp³-hybridized carbons (Fsp3) is 0.889. The Labute approximate surface area is 95.4 Å². The fourth-order valence-corrected chi connectivity index (χ4v) is 2.75. The minimum absolute atomic E-state index is 0. The number of hydrogen-bond donors (Lipinski definition) is 1. The van der Waals surface area contributed by atoms with Gasteiger partial charge >= 0.3 is 0 Å². The molecule has 0 aromatic rings. The monoisotopic (exact) mass is 236 g/mol. The van der Waals surface area contributed by atoms with Crippen LogP contribution in [0.3, 0.4) is 0 Å². The largest absolute Gasteiger partial charge is 0.340 e. The lowest BCUT2D eigenvalue weighted by Gasteiger charge is -2.36. The molecule has 0 radical (unpaired) electrons. The van der Waals surface area contributed by atoms with Gasteiger partial charge in [-0.05, 0) is 0 Å². The van der Waals surface area contributed by atoms with E-state index in [0.717, 1.165) is 31.9 Å². The second kappa shape index (κ2) is 5.24. The van der Waals surface area contributed by atoms with E-state index in [2.05, 4.69) is 12.2 Å². The van der Waals surface area contributed by atoms with Gasteiger partial charge in [0.1, 0.15) is 0 Å². The first-order chi connectivity index (χ1) is 6.27. The average Bonchev–Trinajstić information content (AvgIpc) is 2.01. The van der Waals surface area contributed by atoms with E-state index >= 15 is 0 Å². The number of rotatable bonds is 1. The van der Waals surface area contributed by atoms with Crippen molar-refractivity contribution >= 4 is 30.1 Å². The molecule has 1 amide bonds. The average molecular weight is 237 g/mol. The number of halogens is 1. The van der Waals surface area contributed by atoms with Crippen molar-refractivity contribution in [1.82, 2.24) is 10.2 Å². The molecule has 14 heavy (non-hydrogen) atoms. The van der Waals surface area contributed by atoms with Crippen molar-refractivity contribution in [2.24, 2.45) is 5.92 Å². The quantitative estimate of drug-likeness (QED) is 0.724. The predicted molar refractivity (Wildman–Crippen MR) is 62.1 cm³/mol. The van der Waals surface area contributed by atoms with Crippen molar-refractivity contribution in [2.75, 3.05) is 31.9 Å². The fourth-order valence-electron chi connectivity index (χ4n) is 1.74. The maximum atomic E-state index is 11.8. The maximum absolute atomic E-state index is 11.8. The second-order valence-electron chi connectivity index (χ2n) is 3.82. The normalized spacial score (nSPS) is 27.8. The summed E-state index contributed by atoms with van der Waals surface area (Å²) in [6.45, 7) is 5.86. The second-order valence-corrected chi connectivity index (χ2v) is 5.37. The third-order valence-electron chi connectivity index (χ3n) is 2.68. The van der Waals surface area contributed by atoms with Gasteiger partial charge in [0.05, 0.1) is 5.92 Å². The summed E-state index contributed by atoms with van der Waals surface area (Å²) in [6.07, 6.45) is 0. The number of hydrogen-bond acceptors (Lipinski definition) is 3. The summed E-state index contributed by atoms with van der Waals surface area (Å²) in [5.41, 5.74) is 0. The molecule has 82 valence electrons. The highest BCUT2D eigenvalue weighted by Crippen LogP contribution is 2.20. The minimum atomic E-state index is 0. The van der Waals surface area contributed by atoms with Crippen LogP contribution >= 0.6 is 24.2 Å². The molecular formula is C9H17ClN2OS. The van der Waals surface area contributed by atoms with Crippen LogP contribution in [0.25, 0.3) is 0 Å². The van der Waals surface area contributed by atoms with Crippen LogP contribution in [-0.4, -0.2) is 48.0 Å². The number of nitrogens with one attached hydrogen (secondary N) is 1. The third kappa shape index (κ3) is 2.55. The molecular weight excluding hydrogens is 220 g/mol. The molecule has 2 rings (SSSR count). The summed E-state index contributed by atoms with van der Waals surface area (Å²) in [5, 5.41) is 3.76. The Morgan fingerprint density at radius 2 is 2.21 bits per heavy atom. The van der Waals surface area contributed by atoms with Gasteiger partial charge in [0, 0.05) is 37.2 Å². The van der Waals surface area contributed by atoms with Gasteiger partial charge in [0.2, 0.25) is 5.91 Å². The third-order valence-corrected chi connectivity index (χ3v) is 3.82. The molecule has 3 nitrogen and oxygen atoms in total. The topological polar surface area (TPSA) is 32.3 Å². The summed E-state index contributed by atoms with van der Waals surface area (Å²) in [6, 6.07) is 0. The first-order valence-corrected chi connectivity index (χ1v) is 5.93. The molecule has 2 aliphatic rings. The van der Waals surface area contributed by atoms with Crippen LogP contribution in [0.1, 0.15) is 6.92 Å². The lowest BCUT2D eigenvalue weighted by Crippen LogP contribution is -2.54. The molecule has 0 aliphatic carbocycles. The summed E-state index contributed by atoms with van der Waals surface area (Å²) >= 11 is 1.97. The molecule has 0 aromatic carbocycles. The number of amides is 1. The molecule has 0 bridgehead atoms. The molecule has 2 aliphatic heterocycles. The van der Waals surface area contributed by atoms with Crippen LogP contribution in [-0.2, 0) is 4.79 Å². The highest BCUT2D eigenvalue weighted by Gasteiger charge is 2.31. The van der Waals surface area contributed by atoms with Gasteiger partial charge in [-0.1, -0.05) is 6.92 Å². The Balaban J connectivity index is 0.000000980. The predicted octanol–water partition coefficient (Wildman–Crippen LogP) is 0.591. The summed E-state index contributed by atoms with van der Waals surface area (Å²) in [4.78, 5) is 13.8. The number of nitrogens with zero attached hydrogens (tertiary/aromatic N) is 1. The minimum Gasteiger partial charge on any atom is -0.340 e. The number of carbonyl (C=O) groups excluding carboxylic acids is 1. The zero-order chi connectivity index (χ0) is 9.26. The molecule has 1 N–H and O–H groups in total. The van der Waals surface area contributed by atoms with Gasteiger partial charge in [-0.2, -0.15) is 11.8 Å². The Hall–Kier alpha value is 0.0700. The van der Waals surface area contributed by atoms with E-state index < -0.39 is 0 Å². The van der Waals surface area contributed by atoms with Crippen LogP contribution in [0.2, 0.25) is 0 Å². The van der Waals surface area contributed by atoms with E-state index in [-0.39, 0.29) is 18.3 Å². The molecule has 5 heteroatoms. The Morgan fingerprint density at radius 3 is 2.71 bits per heavy atom. The zero-order valence-electron chi connectivity index (χ0n) is 8.36. The lowest BCUT2D eigenvalue weighted by atomic mass is 10.0. The van der Waals surface area contributed by atoms with Crippen LogP contribution in [0.5, 0.6) is 0 Å². The molecule has 0 spiro atoms. The SMILES string of the molecule is CC1CN(C(=O)C2CNC2)CCS1.Cl. The van der Waals surface area contributed by atoms with E-state index in [1.54, 1.807) is 0 Å². The van der Waals surface area contributed by atoms with Crippen LogP contribution < -0.4 is 5.32 Å². The van der Waals surface area contributed by atoms with Crippen molar-refractivity contribution in [1.29, 1.82) is 0 Å². The van der Waals surface area contributed by atoms with Gasteiger partial charge < -0.3 is 10.2 Å². The van der Waals surface area contributed by atoms with E-state index in [1.807, 2.05) is 16.7 Å². The van der Waals surface area contributed by atoms with Crippen molar-refractivity contribution in [3.8, 4) is 0 Å². The first-order valence-electron chi connectivity index (χ1n) is 4.88. The Kier molecular flexibility index (Phi) is 4.54. The highest BCUT2D eigenvalue weighted by atomic mass is 35.5. The maximum Gasteiger partial charge on any atom is 0.228 e. The van der Waals surface area contributed by atoms with Crippen molar-refractivity contribution in [2.45, 2.75) is 12.2 Å². The summed E-state index contributed by atoms with van der Waals surface area (Å²) < 4.78 is 0. The van der Waals surface area contributed by atoms with Gasteiger partial charge in [0.15, 0.2) is 0 Å². The molecule has 1 unspecified atom stereocenters. The van der Waals surface area contributed by atoms with Crippen molar-refractivity contribution < 1.29 is 4.79 Å². The Bertz CT molecular complexity index is 211. The molecule has 2 heterocycles. The Morgan fingerprint density at radius 1 is 1.50 bits per heavy atom. The van der Waals surface area contributed by atoms with Crippen LogP contribution in [0, 0.1) is 5.92 Å². The lowest BCUT2D eigenvalue weighted by molar-refractivity contribution is -0.136. The van der Waals surface area contributed by atoms with Crippen LogP contribution in [0.15, 0.2) is 0 Å². The molecule has 2 saturated heterocycles. The number of thioether (sulfide) groups is 1. The molecule has 0 aromatic heterocycles. The van der Waals surface area contributed by atoms with Gasteiger partial charge in [-0.15, -0.1) is 12.4 Å². The number of carbonyl (C=O) groups is 1. The standard InChI is InChI=1S/C9H16N2OS.ClH/c1-7-6-11(2-3-13-7)9(12)8-4-10-5-8;/h7-8,10H,2-6H2,1H3;1H. The summed E-state index contributed by atoms with van der Waals surface area (Å²) in [7, 11) is 0. The zero-order valence-corrected chi connectivity index (χ0v) is 10.00. The summed E-state index contributed by atoms with van der Waals surface area (Å²) in [5.74, 6) is 1.74. The van der Waals surface area contributed by atoms with Gasteiger partial charge in [-0.25, -0.2) is 0 Å². The molecule has 2 fully saturated rings. The van der Waals surface area contributed by atoms with E-state index in [9.17, 15) is 4.79 Å². The smallest absolute Gasteiger partial charge is 0.228 e.